The number of aryl methyl sites for hydroxylation is 2. The lowest BCUT2D eigenvalue weighted by atomic mass is 10.1. The maximum Gasteiger partial charge on any atom is 0.390 e. The quantitative estimate of drug-likeness (QED) is 0.869. The van der Waals surface area contributed by atoms with E-state index in [0.717, 1.165) is 10.2 Å². The van der Waals surface area contributed by atoms with Gasteiger partial charge in [0.1, 0.15) is 0 Å². The Morgan fingerprint density at radius 3 is 2.68 bits per heavy atom. The van der Waals surface area contributed by atoms with E-state index in [-0.39, 0.29) is 6.54 Å². The van der Waals surface area contributed by atoms with Crippen LogP contribution in [0.15, 0.2) is 18.2 Å². The molecule has 0 amide bonds. The van der Waals surface area contributed by atoms with Crippen LogP contribution in [-0.4, -0.2) is 26.4 Å². The molecule has 0 spiro atoms. The van der Waals surface area contributed by atoms with Crippen molar-refractivity contribution in [3.8, 4) is 11.4 Å². The van der Waals surface area contributed by atoms with Crippen molar-refractivity contribution >= 4 is 5.69 Å². The van der Waals surface area contributed by atoms with Gasteiger partial charge in [-0.15, -0.1) is 5.10 Å². The summed E-state index contributed by atoms with van der Waals surface area (Å²) < 4.78 is 37.7. The summed E-state index contributed by atoms with van der Waals surface area (Å²) in [5, 5.41) is 10.7. The fourth-order valence-corrected chi connectivity index (χ4v) is 1.61. The summed E-state index contributed by atoms with van der Waals surface area (Å²) in [6, 6.07) is 5.09. The van der Waals surface area contributed by atoms with E-state index in [1.165, 1.54) is 0 Å². The molecule has 0 fully saturated rings. The van der Waals surface area contributed by atoms with E-state index in [2.05, 4.69) is 15.5 Å². The molecule has 1 heterocycles. The van der Waals surface area contributed by atoms with Crippen LogP contribution < -0.4 is 5.73 Å². The van der Waals surface area contributed by atoms with Gasteiger partial charge in [-0.05, 0) is 41.1 Å². The SMILES string of the molecule is Cc1cc(-c2nnnn2CCC(F)(F)F)ccc1N. The average molecular weight is 271 g/mol. The van der Waals surface area contributed by atoms with Crippen LogP contribution in [0.25, 0.3) is 11.4 Å². The van der Waals surface area contributed by atoms with E-state index in [0.29, 0.717) is 17.1 Å². The Hall–Kier alpha value is -2.12. The van der Waals surface area contributed by atoms with Crippen LogP contribution in [0.2, 0.25) is 0 Å². The van der Waals surface area contributed by atoms with Crippen molar-refractivity contribution in [2.24, 2.45) is 0 Å². The number of nitrogen functional groups attached to an aromatic ring is 1. The van der Waals surface area contributed by atoms with Gasteiger partial charge in [-0.1, -0.05) is 0 Å². The first-order chi connectivity index (χ1) is 8.87. The molecule has 0 bridgehead atoms. The zero-order chi connectivity index (χ0) is 14.0. The van der Waals surface area contributed by atoms with Crippen LogP contribution in [0.5, 0.6) is 0 Å². The zero-order valence-electron chi connectivity index (χ0n) is 10.1. The van der Waals surface area contributed by atoms with Crippen LogP contribution >= 0.6 is 0 Å². The minimum absolute atomic E-state index is 0.298. The summed E-state index contributed by atoms with van der Waals surface area (Å²) in [4.78, 5) is 0. The molecule has 0 unspecified atom stereocenters. The maximum atomic E-state index is 12.2. The first-order valence-electron chi connectivity index (χ1n) is 5.56. The molecule has 1 aromatic heterocycles. The van der Waals surface area contributed by atoms with Crippen LogP contribution in [-0.2, 0) is 6.54 Å². The molecule has 0 saturated carbocycles. The largest absolute Gasteiger partial charge is 0.399 e. The molecule has 102 valence electrons. The smallest absolute Gasteiger partial charge is 0.390 e. The van der Waals surface area contributed by atoms with E-state index in [4.69, 9.17) is 5.73 Å². The molecule has 2 N–H and O–H groups in total. The van der Waals surface area contributed by atoms with Crippen molar-refractivity contribution in [3.63, 3.8) is 0 Å². The second kappa shape index (κ2) is 4.87. The van der Waals surface area contributed by atoms with Gasteiger partial charge < -0.3 is 5.73 Å². The Labute approximate surface area is 107 Å². The van der Waals surface area contributed by atoms with Crippen molar-refractivity contribution in [1.29, 1.82) is 0 Å². The Bertz CT molecular complexity index is 576. The van der Waals surface area contributed by atoms with Gasteiger partial charge in [0.15, 0.2) is 5.82 Å². The standard InChI is InChI=1S/C11H12F3N5/c1-7-6-8(2-3-9(7)15)10-16-17-18-19(10)5-4-11(12,13)14/h2-3,6H,4-5,15H2,1H3. The highest BCUT2D eigenvalue weighted by atomic mass is 19.4. The number of nitrogens with zero attached hydrogens (tertiary/aromatic N) is 4. The van der Waals surface area contributed by atoms with Gasteiger partial charge in [-0.3, -0.25) is 0 Å². The van der Waals surface area contributed by atoms with Gasteiger partial charge in [0.05, 0.1) is 13.0 Å². The molecule has 0 saturated heterocycles. The molecule has 0 aliphatic carbocycles. The highest BCUT2D eigenvalue weighted by Gasteiger charge is 2.27. The predicted octanol–water partition coefficient (Wildman–Crippen LogP) is 2.18. The molecule has 2 rings (SSSR count). The fraction of sp³-hybridized carbons (Fsp3) is 0.364. The molecule has 8 heteroatoms. The molecule has 2 aromatic rings. The lowest BCUT2D eigenvalue weighted by Gasteiger charge is -2.08. The van der Waals surface area contributed by atoms with Gasteiger partial charge in [-0.2, -0.15) is 13.2 Å². The molecule has 0 aliphatic rings. The zero-order valence-corrected chi connectivity index (χ0v) is 10.1. The van der Waals surface area contributed by atoms with Crippen LogP contribution in [0.1, 0.15) is 12.0 Å². The predicted molar refractivity (Wildman–Crippen MR) is 63.1 cm³/mol. The molecule has 0 atom stereocenters. The van der Waals surface area contributed by atoms with Crippen molar-refractivity contribution in [2.45, 2.75) is 26.1 Å². The number of halogens is 3. The minimum Gasteiger partial charge on any atom is -0.399 e. The second-order valence-corrected chi connectivity index (χ2v) is 4.16. The van der Waals surface area contributed by atoms with E-state index in [1.807, 2.05) is 6.92 Å². The molecular weight excluding hydrogens is 259 g/mol. The number of hydrogen-bond acceptors (Lipinski definition) is 4. The molecule has 1 aromatic carbocycles. The van der Waals surface area contributed by atoms with Gasteiger partial charge in [0, 0.05) is 11.3 Å². The first kappa shape index (κ1) is 13.3. The summed E-state index contributed by atoms with van der Waals surface area (Å²) in [6.07, 6.45) is -5.21. The van der Waals surface area contributed by atoms with Gasteiger partial charge in [-0.25, -0.2) is 4.68 Å². The molecule has 5 nitrogen and oxygen atoms in total. The third-order valence-electron chi connectivity index (χ3n) is 2.67. The number of aromatic nitrogens is 4. The number of alkyl halides is 3. The van der Waals surface area contributed by atoms with Crippen molar-refractivity contribution in [1.82, 2.24) is 20.2 Å². The number of tetrazole rings is 1. The summed E-state index contributed by atoms with van der Waals surface area (Å²) in [7, 11) is 0. The topological polar surface area (TPSA) is 69.6 Å². The molecule has 0 aliphatic heterocycles. The Morgan fingerprint density at radius 2 is 2.05 bits per heavy atom. The van der Waals surface area contributed by atoms with Crippen molar-refractivity contribution < 1.29 is 13.2 Å². The number of nitrogens with two attached hydrogens (primary N) is 1. The average Bonchev–Trinajstić information content (AvgIpc) is 2.77. The summed E-state index contributed by atoms with van der Waals surface area (Å²) in [5.41, 5.74) is 7.76. The van der Waals surface area contributed by atoms with Crippen LogP contribution in [0, 0.1) is 6.92 Å². The van der Waals surface area contributed by atoms with Gasteiger partial charge >= 0.3 is 6.18 Å². The van der Waals surface area contributed by atoms with Gasteiger partial charge in [0.2, 0.25) is 0 Å². The third-order valence-corrected chi connectivity index (χ3v) is 2.67. The van der Waals surface area contributed by atoms with E-state index in [9.17, 15) is 13.2 Å². The fourth-order valence-electron chi connectivity index (χ4n) is 1.61. The van der Waals surface area contributed by atoms with Crippen molar-refractivity contribution in [2.75, 3.05) is 5.73 Å². The molecule has 19 heavy (non-hydrogen) atoms. The Balaban J connectivity index is 2.26. The second-order valence-electron chi connectivity index (χ2n) is 4.16. The lowest BCUT2D eigenvalue weighted by molar-refractivity contribution is -0.137. The van der Waals surface area contributed by atoms with Crippen LogP contribution in [0.4, 0.5) is 18.9 Å². The summed E-state index contributed by atoms with van der Waals surface area (Å²) in [6.45, 7) is 1.50. The number of rotatable bonds is 3. The third kappa shape index (κ3) is 3.21. The van der Waals surface area contributed by atoms with Crippen molar-refractivity contribution in [3.05, 3.63) is 23.8 Å². The number of anilines is 1. The van der Waals surface area contributed by atoms with E-state index < -0.39 is 12.6 Å². The van der Waals surface area contributed by atoms with Gasteiger partial charge in [0.25, 0.3) is 0 Å². The van der Waals surface area contributed by atoms with E-state index in [1.54, 1.807) is 18.2 Å². The maximum absolute atomic E-state index is 12.2. The Kier molecular flexibility index (Phi) is 3.41. The first-order valence-corrected chi connectivity index (χ1v) is 5.56. The monoisotopic (exact) mass is 271 g/mol. The molecular formula is C11H12F3N5. The molecule has 0 radical (unpaired) electrons. The minimum atomic E-state index is -4.24. The van der Waals surface area contributed by atoms with E-state index >= 15 is 0 Å². The summed E-state index contributed by atoms with van der Waals surface area (Å²) in [5.74, 6) is 0.298. The van der Waals surface area contributed by atoms with Crippen LogP contribution in [0.3, 0.4) is 0 Å². The lowest BCUT2D eigenvalue weighted by Crippen LogP contribution is -2.14. The summed E-state index contributed by atoms with van der Waals surface area (Å²) >= 11 is 0. The highest BCUT2D eigenvalue weighted by molar-refractivity contribution is 5.61. The highest BCUT2D eigenvalue weighted by Crippen LogP contribution is 2.24. The Morgan fingerprint density at radius 1 is 1.32 bits per heavy atom. The normalized spacial score (nSPS) is 11.8. The number of hydrogen-bond donors (Lipinski definition) is 1. The number of benzene rings is 1.